The van der Waals surface area contributed by atoms with Crippen LogP contribution in [0.5, 0.6) is 5.75 Å². The van der Waals surface area contributed by atoms with Gasteiger partial charge in [-0.3, -0.25) is 9.59 Å². The van der Waals surface area contributed by atoms with Crippen molar-refractivity contribution in [3.05, 3.63) is 99.0 Å². The normalized spacial score (nSPS) is 12.1. The molecule has 1 N–H and O–H groups in total. The van der Waals surface area contributed by atoms with E-state index < -0.39 is 11.6 Å². The van der Waals surface area contributed by atoms with Crippen LogP contribution in [-0.2, 0) is 22.6 Å². The van der Waals surface area contributed by atoms with Crippen LogP contribution in [0.25, 0.3) is 0 Å². The predicted octanol–water partition coefficient (Wildman–Crippen LogP) is 6.31. The van der Waals surface area contributed by atoms with Crippen molar-refractivity contribution < 1.29 is 14.3 Å². The van der Waals surface area contributed by atoms with Crippen molar-refractivity contribution in [2.75, 3.05) is 6.61 Å². The summed E-state index contributed by atoms with van der Waals surface area (Å²) < 4.78 is 6.98. The zero-order valence-electron chi connectivity index (χ0n) is 22.6. The predicted molar refractivity (Wildman–Crippen MR) is 153 cm³/mol. The van der Waals surface area contributed by atoms with Crippen LogP contribution < -0.4 is 10.1 Å². The molecule has 0 aliphatic heterocycles. The van der Waals surface area contributed by atoms with Gasteiger partial charge in [-0.15, -0.1) is 0 Å². The first-order valence-electron chi connectivity index (χ1n) is 12.5. The number of carbonyl (C=O) groups is 2. The van der Waals surface area contributed by atoms with Crippen molar-refractivity contribution >= 4 is 27.7 Å². The van der Waals surface area contributed by atoms with Gasteiger partial charge in [0.05, 0.1) is 0 Å². The van der Waals surface area contributed by atoms with Crippen molar-refractivity contribution in [1.29, 1.82) is 0 Å². The van der Waals surface area contributed by atoms with Crippen molar-refractivity contribution in [2.45, 2.75) is 66.1 Å². The Bertz CT molecular complexity index is 1190. The summed E-state index contributed by atoms with van der Waals surface area (Å²) >= 11 is 3.57. The van der Waals surface area contributed by atoms with Gasteiger partial charge in [-0.25, -0.2) is 0 Å². The minimum absolute atomic E-state index is 0.166. The van der Waals surface area contributed by atoms with Crippen molar-refractivity contribution in [1.82, 2.24) is 10.2 Å². The second-order valence-electron chi connectivity index (χ2n) is 10.6. The number of aryl methyl sites for hydroxylation is 3. The van der Waals surface area contributed by atoms with Gasteiger partial charge < -0.3 is 15.0 Å². The molecule has 37 heavy (non-hydrogen) atoms. The fourth-order valence-electron chi connectivity index (χ4n) is 4.11. The number of ether oxygens (including phenoxy) is 1. The van der Waals surface area contributed by atoms with Crippen molar-refractivity contribution in [3.8, 4) is 5.75 Å². The van der Waals surface area contributed by atoms with Gasteiger partial charge in [0.15, 0.2) is 6.61 Å². The molecule has 0 aliphatic rings. The summed E-state index contributed by atoms with van der Waals surface area (Å²) in [4.78, 5) is 29.0. The Morgan fingerprint density at radius 1 is 0.919 bits per heavy atom. The van der Waals surface area contributed by atoms with Crippen LogP contribution in [0.1, 0.15) is 48.6 Å². The molecular weight excluding hydrogens is 528 g/mol. The van der Waals surface area contributed by atoms with Gasteiger partial charge in [0, 0.05) is 23.0 Å². The van der Waals surface area contributed by atoms with E-state index in [0.29, 0.717) is 18.7 Å². The molecule has 0 heterocycles. The third kappa shape index (κ3) is 8.46. The molecule has 5 nitrogen and oxygen atoms in total. The molecule has 1 atom stereocenters. The number of rotatable bonds is 9. The lowest BCUT2D eigenvalue weighted by Gasteiger charge is -2.33. The van der Waals surface area contributed by atoms with E-state index in [4.69, 9.17) is 4.74 Å². The second-order valence-corrected chi connectivity index (χ2v) is 11.4. The lowest BCUT2D eigenvalue weighted by atomic mass is 10.0. The molecule has 0 bridgehead atoms. The molecule has 0 aromatic heterocycles. The average Bonchev–Trinajstić information content (AvgIpc) is 2.83. The van der Waals surface area contributed by atoms with E-state index in [1.165, 1.54) is 0 Å². The van der Waals surface area contributed by atoms with Crippen LogP contribution in [0.4, 0.5) is 0 Å². The van der Waals surface area contributed by atoms with E-state index >= 15 is 0 Å². The quantitative estimate of drug-likeness (QED) is 0.331. The summed E-state index contributed by atoms with van der Waals surface area (Å²) in [5.41, 5.74) is 4.70. The summed E-state index contributed by atoms with van der Waals surface area (Å²) in [6.07, 6.45) is 0.400. The molecule has 2 amide bonds. The zero-order valence-corrected chi connectivity index (χ0v) is 24.2. The first kappa shape index (κ1) is 28.5. The van der Waals surface area contributed by atoms with E-state index in [9.17, 15) is 9.59 Å². The highest BCUT2D eigenvalue weighted by Crippen LogP contribution is 2.26. The topological polar surface area (TPSA) is 58.6 Å². The maximum atomic E-state index is 13.7. The highest BCUT2D eigenvalue weighted by atomic mass is 79.9. The first-order chi connectivity index (χ1) is 17.4. The molecular formula is C31H37BrN2O3. The number of benzene rings is 3. The number of carbonyl (C=O) groups excluding carboxylic acids is 2. The SMILES string of the molecule is Cc1ccc(CN(C(=O)COc2cc(C)c(Br)c(C)c2)[C@@H](Cc2ccccc2)C(=O)NC(C)(C)C)cc1. The van der Waals surface area contributed by atoms with Gasteiger partial charge in [-0.1, -0.05) is 76.1 Å². The number of halogens is 1. The maximum absolute atomic E-state index is 13.7. The molecule has 0 radical (unpaired) electrons. The lowest BCUT2D eigenvalue weighted by Crippen LogP contribution is -2.55. The molecule has 0 aliphatic carbocycles. The van der Waals surface area contributed by atoms with Crippen LogP contribution in [0.2, 0.25) is 0 Å². The Morgan fingerprint density at radius 2 is 1.51 bits per heavy atom. The van der Waals surface area contributed by atoms with Gasteiger partial charge in [0.1, 0.15) is 11.8 Å². The molecule has 0 unspecified atom stereocenters. The Hall–Kier alpha value is -3.12. The molecule has 0 saturated carbocycles. The summed E-state index contributed by atoms with van der Waals surface area (Å²) in [6, 6.07) is 20.9. The standard InChI is InChI=1S/C31H37BrN2O3/c1-21-12-14-25(15-13-21)19-34(28(35)20-37-26-16-22(2)29(32)23(3)17-26)27(30(36)33-31(4,5)6)18-24-10-8-7-9-11-24/h7-17,27H,18-20H2,1-6H3,(H,33,36)/t27-/m0/s1. The molecule has 0 spiro atoms. The van der Waals surface area contributed by atoms with Crippen LogP contribution in [0.15, 0.2) is 71.2 Å². The third-order valence-electron chi connectivity index (χ3n) is 6.02. The first-order valence-corrected chi connectivity index (χ1v) is 13.3. The maximum Gasteiger partial charge on any atom is 0.261 e. The Labute approximate surface area is 229 Å². The largest absolute Gasteiger partial charge is 0.484 e. The molecule has 196 valence electrons. The van der Waals surface area contributed by atoms with Gasteiger partial charge in [-0.05, 0) is 75.9 Å². The van der Waals surface area contributed by atoms with E-state index in [0.717, 1.165) is 32.3 Å². The van der Waals surface area contributed by atoms with E-state index in [1.54, 1.807) is 4.90 Å². The molecule has 3 aromatic rings. The van der Waals surface area contributed by atoms with E-state index in [1.807, 2.05) is 108 Å². The van der Waals surface area contributed by atoms with Gasteiger partial charge in [0.2, 0.25) is 5.91 Å². The van der Waals surface area contributed by atoms with Crippen LogP contribution in [0, 0.1) is 20.8 Å². The smallest absolute Gasteiger partial charge is 0.261 e. The van der Waals surface area contributed by atoms with E-state index in [2.05, 4.69) is 21.2 Å². The summed E-state index contributed by atoms with van der Waals surface area (Å²) in [7, 11) is 0. The second kappa shape index (κ2) is 12.4. The van der Waals surface area contributed by atoms with Crippen molar-refractivity contribution in [2.24, 2.45) is 0 Å². The van der Waals surface area contributed by atoms with Crippen LogP contribution >= 0.6 is 15.9 Å². The Kier molecular flexibility index (Phi) is 9.55. The number of hydrogen-bond acceptors (Lipinski definition) is 3. The third-order valence-corrected chi connectivity index (χ3v) is 7.27. The summed E-state index contributed by atoms with van der Waals surface area (Å²) in [5.74, 6) is 0.191. The fraction of sp³-hybridized carbons (Fsp3) is 0.355. The van der Waals surface area contributed by atoms with Gasteiger partial charge >= 0.3 is 0 Å². The Balaban J connectivity index is 1.94. The number of nitrogens with one attached hydrogen (secondary N) is 1. The highest BCUT2D eigenvalue weighted by molar-refractivity contribution is 9.10. The van der Waals surface area contributed by atoms with Crippen molar-refractivity contribution in [3.63, 3.8) is 0 Å². The lowest BCUT2D eigenvalue weighted by molar-refractivity contribution is -0.143. The Morgan fingerprint density at radius 3 is 2.08 bits per heavy atom. The molecule has 3 rings (SSSR count). The monoisotopic (exact) mass is 564 g/mol. The van der Waals surface area contributed by atoms with Crippen LogP contribution in [0.3, 0.4) is 0 Å². The minimum atomic E-state index is -0.701. The zero-order chi connectivity index (χ0) is 27.2. The molecule has 0 fully saturated rings. The minimum Gasteiger partial charge on any atom is -0.484 e. The summed E-state index contributed by atoms with van der Waals surface area (Å²) in [5, 5.41) is 3.09. The highest BCUT2D eigenvalue weighted by Gasteiger charge is 2.32. The molecule has 3 aromatic carbocycles. The summed E-state index contributed by atoms with van der Waals surface area (Å²) in [6.45, 7) is 12.0. The molecule has 0 saturated heterocycles. The molecule has 6 heteroatoms. The number of nitrogens with zero attached hydrogens (tertiary/aromatic N) is 1. The average molecular weight is 566 g/mol. The van der Waals surface area contributed by atoms with Crippen LogP contribution in [-0.4, -0.2) is 34.9 Å². The van der Waals surface area contributed by atoms with Gasteiger partial charge in [-0.2, -0.15) is 0 Å². The van der Waals surface area contributed by atoms with E-state index in [-0.39, 0.29) is 18.4 Å². The fourth-order valence-corrected chi connectivity index (χ4v) is 4.34. The number of hydrogen-bond donors (Lipinski definition) is 1. The van der Waals surface area contributed by atoms with Gasteiger partial charge in [0.25, 0.3) is 5.91 Å². The number of amides is 2.